The van der Waals surface area contributed by atoms with E-state index in [0.29, 0.717) is 12.8 Å². The van der Waals surface area contributed by atoms with Crippen LogP contribution in [0.4, 0.5) is 0 Å². The van der Waals surface area contributed by atoms with Gasteiger partial charge in [-0.2, -0.15) is 0 Å². The lowest BCUT2D eigenvalue weighted by atomic mass is 9.78. The quantitative estimate of drug-likeness (QED) is 0.621. The summed E-state index contributed by atoms with van der Waals surface area (Å²) in [7, 11) is 0. The first kappa shape index (κ1) is 13.0. The van der Waals surface area contributed by atoms with E-state index < -0.39 is 12.0 Å². The molecule has 0 aromatic carbocycles. The van der Waals surface area contributed by atoms with Gasteiger partial charge >= 0.3 is 0 Å². The Morgan fingerprint density at radius 2 is 1.94 bits per heavy atom. The van der Waals surface area contributed by atoms with Crippen LogP contribution in [-0.4, -0.2) is 29.6 Å². The summed E-state index contributed by atoms with van der Waals surface area (Å²) < 4.78 is 0. The Kier molecular flexibility index (Phi) is 4.73. The molecule has 0 spiro atoms. The van der Waals surface area contributed by atoms with Crippen LogP contribution in [0.5, 0.6) is 0 Å². The van der Waals surface area contributed by atoms with Gasteiger partial charge in [-0.1, -0.05) is 12.8 Å². The molecule has 0 aromatic rings. The van der Waals surface area contributed by atoms with Crippen LogP contribution in [0.1, 0.15) is 32.6 Å². The SMILES string of the molecule is C[C@@H](O)CNC(=O)[C@@H]1CCCC[C@@H]1C(N)=O. The highest BCUT2D eigenvalue weighted by atomic mass is 16.3. The molecule has 0 aliphatic heterocycles. The Labute approximate surface area is 95.4 Å². The number of carbonyl (C=O) groups excluding carboxylic acids is 2. The van der Waals surface area contributed by atoms with Gasteiger partial charge in [0.1, 0.15) is 0 Å². The number of hydrogen-bond acceptors (Lipinski definition) is 3. The molecule has 0 saturated heterocycles. The molecule has 1 fully saturated rings. The molecule has 5 nitrogen and oxygen atoms in total. The number of nitrogens with two attached hydrogens (primary N) is 1. The van der Waals surface area contributed by atoms with Crippen molar-refractivity contribution in [2.45, 2.75) is 38.7 Å². The fourth-order valence-corrected chi connectivity index (χ4v) is 2.16. The highest BCUT2D eigenvalue weighted by molar-refractivity contribution is 5.87. The molecule has 16 heavy (non-hydrogen) atoms. The topological polar surface area (TPSA) is 92.4 Å². The first-order chi connectivity index (χ1) is 7.52. The van der Waals surface area contributed by atoms with Crippen molar-refractivity contribution in [1.29, 1.82) is 0 Å². The smallest absolute Gasteiger partial charge is 0.224 e. The van der Waals surface area contributed by atoms with Crippen molar-refractivity contribution in [1.82, 2.24) is 5.32 Å². The predicted molar refractivity (Wildman–Crippen MR) is 59.3 cm³/mol. The third kappa shape index (κ3) is 3.48. The number of nitrogens with one attached hydrogen (secondary N) is 1. The molecule has 0 unspecified atom stereocenters. The Hall–Kier alpha value is -1.10. The Morgan fingerprint density at radius 1 is 1.38 bits per heavy atom. The number of aliphatic hydroxyl groups is 1. The second kappa shape index (κ2) is 5.84. The molecule has 3 atom stereocenters. The lowest BCUT2D eigenvalue weighted by Gasteiger charge is -2.28. The maximum Gasteiger partial charge on any atom is 0.224 e. The van der Waals surface area contributed by atoms with Crippen LogP contribution >= 0.6 is 0 Å². The van der Waals surface area contributed by atoms with Gasteiger partial charge < -0.3 is 16.2 Å². The molecule has 0 aromatic heterocycles. The molecule has 1 aliphatic carbocycles. The highest BCUT2D eigenvalue weighted by Crippen LogP contribution is 2.29. The Balaban J connectivity index is 2.54. The molecule has 4 N–H and O–H groups in total. The van der Waals surface area contributed by atoms with Crippen molar-refractivity contribution in [2.75, 3.05) is 6.54 Å². The maximum atomic E-state index is 11.8. The Morgan fingerprint density at radius 3 is 2.44 bits per heavy atom. The van der Waals surface area contributed by atoms with Crippen LogP contribution in [0.2, 0.25) is 0 Å². The van der Waals surface area contributed by atoms with Gasteiger partial charge in [0, 0.05) is 18.4 Å². The molecule has 92 valence electrons. The van der Waals surface area contributed by atoms with Crippen molar-refractivity contribution in [3.05, 3.63) is 0 Å². The van der Waals surface area contributed by atoms with Gasteiger partial charge in [0.05, 0.1) is 6.10 Å². The minimum atomic E-state index is -0.570. The van der Waals surface area contributed by atoms with E-state index in [1.807, 2.05) is 0 Å². The van der Waals surface area contributed by atoms with Gasteiger partial charge in [0.15, 0.2) is 0 Å². The second-order valence-electron chi connectivity index (χ2n) is 4.49. The predicted octanol–water partition coefficient (Wildman–Crippen LogP) is -0.225. The lowest BCUT2D eigenvalue weighted by Crippen LogP contribution is -2.43. The summed E-state index contributed by atoms with van der Waals surface area (Å²) in [5.74, 6) is -1.21. The van der Waals surface area contributed by atoms with E-state index in [4.69, 9.17) is 10.8 Å². The molecule has 0 heterocycles. The zero-order valence-electron chi connectivity index (χ0n) is 9.61. The molecule has 1 rings (SSSR count). The molecule has 2 amide bonds. The second-order valence-corrected chi connectivity index (χ2v) is 4.49. The van der Waals surface area contributed by atoms with Crippen molar-refractivity contribution in [2.24, 2.45) is 17.6 Å². The van der Waals surface area contributed by atoms with Crippen molar-refractivity contribution in [3.8, 4) is 0 Å². The van der Waals surface area contributed by atoms with E-state index in [1.54, 1.807) is 6.92 Å². The highest BCUT2D eigenvalue weighted by Gasteiger charge is 2.34. The van der Waals surface area contributed by atoms with Gasteiger partial charge in [-0.05, 0) is 19.8 Å². The van der Waals surface area contributed by atoms with Gasteiger partial charge in [0.2, 0.25) is 11.8 Å². The minimum Gasteiger partial charge on any atom is -0.392 e. The van der Waals surface area contributed by atoms with Gasteiger partial charge in [-0.3, -0.25) is 9.59 Å². The van der Waals surface area contributed by atoms with Gasteiger partial charge in [-0.25, -0.2) is 0 Å². The monoisotopic (exact) mass is 228 g/mol. The van der Waals surface area contributed by atoms with Crippen LogP contribution in [0.3, 0.4) is 0 Å². The summed E-state index contributed by atoms with van der Waals surface area (Å²) in [4.78, 5) is 23.0. The number of amides is 2. The normalized spacial score (nSPS) is 27.1. The van der Waals surface area contributed by atoms with E-state index in [2.05, 4.69) is 5.32 Å². The third-order valence-corrected chi connectivity index (χ3v) is 3.04. The van der Waals surface area contributed by atoms with E-state index in [-0.39, 0.29) is 24.3 Å². The summed E-state index contributed by atoms with van der Waals surface area (Å²) in [5.41, 5.74) is 5.28. The van der Waals surface area contributed by atoms with Crippen LogP contribution in [0, 0.1) is 11.8 Å². The number of rotatable bonds is 4. The fraction of sp³-hybridized carbons (Fsp3) is 0.818. The summed E-state index contributed by atoms with van der Waals surface area (Å²) in [5, 5.41) is 11.7. The van der Waals surface area contributed by atoms with Crippen LogP contribution < -0.4 is 11.1 Å². The van der Waals surface area contributed by atoms with E-state index in [1.165, 1.54) is 0 Å². The molecule has 1 aliphatic rings. The van der Waals surface area contributed by atoms with E-state index >= 15 is 0 Å². The largest absolute Gasteiger partial charge is 0.392 e. The summed E-state index contributed by atoms with van der Waals surface area (Å²) in [6.45, 7) is 1.83. The van der Waals surface area contributed by atoms with Gasteiger partial charge in [-0.15, -0.1) is 0 Å². The van der Waals surface area contributed by atoms with Crippen LogP contribution in [0.25, 0.3) is 0 Å². The number of hydrogen-bond donors (Lipinski definition) is 3. The third-order valence-electron chi connectivity index (χ3n) is 3.04. The van der Waals surface area contributed by atoms with Crippen LogP contribution in [0.15, 0.2) is 0 Å². The summed E-state index contributed by atoms with van der Waals surface area (Å²) >= 11 is 0. The van der Waals surface area contributed by atoms with E-state index in [9.17, 15) is 9.59 Å². The fourth-order valence-electron chi connectivity index (χ4n) is 2.16. The number of primary amides is 1. The molecule has 1 saturated carbocycles. The number of carbonyl (C=O) groups is 2. The summed E-state index contributed by atoms with van der Waals surface area (Å²) in [6, 6.07) is 0. The molecular weight excluding hydrogens is 208 g/mol. The lowest BCUT2D eigenvalue weighted by molar-refractivity contribution is -0.135. The average molecular weight is 228 g/mol. The van der Waals surface area contributed by atoms with Gasteiger partial charge in [0.25, 0.3) is 0 Å². The molecule has 5 heteroatoms. The minimum absolute atomic E-state index is 0.163. The average Bonchev–Trinajstić information content (AvgIpc) is 2.25. The molecule has 0 bridgehead atoms. The van der Waals surface area contributed by atoms with E-state index in [0.717, 1.165) is 12.8 Å². The first-order valence-corrected chi connectivity index (χ1v) is 5.77. The standard InChI is InChI=1S/C11H20N2O3/c1-7(14)6-13-11(16)9-5-3-2-4-8(9)10(12)15/h7-9,14H,2-6H2,1H3,(H2,12,15)(H,13,16)/t7-,8+,9-/m1/s1. The molecule has 0 radical (unpaired) electrons. The van der Waals surface area contributed by atoms with Crippen molar-refractivity contribution in [3.63, 3.8) is 0 Å². The summed E-state index contributed by atoms with van der Waals surface area (Å²) in [6.07, 6.45) is 2.74. The zero-order chi connectivity index (χ0) is 12.1. The molecular formula is C11H20N2O3. The number of aliphatic hydroxyl groups excluding tert-OH is 1. The van der Waals surface area contributed by atoms with Crippen molar-refractivity contribution >= 4 is 11.8 Å². The van der Waals surface area contributed by atoms with Crippen molar-refractivity contribution < 1.29 is 14.7 Å². The first-order valence-electron chi connectivity index (χ1n) is 5.77. The van der Waals surface area contributed by atoms with Crippen LogP contribution in [-0.2, 0) is 9.59 Å². The Bertz CT molecular complexity index is 266. The zero-order valence-corrected chi connectivity index (χ0v) is 9.61. The maximum absolute atomic E-state index is 11.8.